The predicted molar refractivity (Wildman–Crippen MR) is 84.1 cm³/mol. The van der Waals surface area contributed by atoms with E-state index in [1.807, 2.05) is 38.1 Å². The van der Waals surface area contributed by atoms with Crippen LogP contribution in [0, 0.1) is 5.92 Å². The van der Waals surface area contributed by atoms with Gasteiger partial charge in [0.25, 0.3) is 0 Å². The number of ether oxygens (including phenoxy) is 1. The number of nitrogens with one attached hydrogen (secondary N) is 1. The molecule has 0 aliphatic heterocycles. The summed E-state index contributed by atoms with van der Waals surface area (Å²) in [5.41, 5.74) is 0.934. The first-order valence-corrected chi connectivity index (χ1v) is 7.62. The Balaban J connectivity index is 2.66. The van der Waals surface area contributed by atoms with Gasteiger partial charge in [0.05, 0.1) is 12.2 Å². The average Bonchev–Trinajstić information content (AvgIpc) is 2.39. The van der Waals surface area contributed by atoms with Crippen LogP contribution in [0.15, 0.2) is 24.3 Å². The van der Waals surface area contributed by atoms with E-state index in [1.165, 1.54) is 0 Å². The van der Waals surface area contributed by atoms with Crippen LogP contribution in [0.5, 0.6) is 5.75 Å². The monoisotopic (exact) mass is 279 g/mol. The molecule has 1 aromatic rings. The quantitative estimate of drug-likeness (QED) is 0.765. The zero-order valence-corrected chi connectivity index (χ0v) is 13.4. The van der Waals surface area contributed by atoms with Crippen molar-refractivity contribution in [1.82, 2.24) is 5.32 Å². The highest BCUT2D eigenvalue weighted by atomic mass is 16.5. The van der Waals surface area contributed by atoms with Crippen LogP contribution in [-0.2, 0) is 0 Å². The molecule has 0 radical (unpaired) electrons. The van der Waals surface area contributed by atoms with Crippen molar-refractivity contribution in [1.29, 1.82) is 0 Å². The van der Waals surface area contributed by atoms with E-state index in [0.717, 1.165) is 24.3 Å². The van der Waals surface area contributed by atoms with Gasteiger partial charge in [-0.1, -0.05) is 32.9 Å². The Bertz CT molecular complexity index is 373. The van der Waals surface area contributed by atoms with E-state index in [2.05, 4.69) is 26.1 Å². The summed E-state index contributed by atoms with van der Waals surface area (Å²) >= 11 is 0. The molecule has 0 heterocycles. The summed E-state index contributed by atoms with van der Waals surface area (Å²) in [7, 11) is 0. The van der Waals surface area contributed by atoms with Crippen LogP contribution in [0.2, 0.25) is 0 Å². The number of rotatable bonds is 8. The van der Waals surface area contributed by atoms with Gasteiger partial charge < -0.3 is 15.2 Å². The van der Waals surface area contributed by atoms with E-state index in [-0.39, 0.29) is 12.1 Å². The molecule has 0 aliphatic rings. The summed E-state index contributed by atoms with van der Waals surface area (Å²) in [6, 6.07) is 7.83. The summed E-state index contributed by atoms with van der Waals surface area (Å²) in [5.74, 6) is 1.43. The Morgan fingerprint density at radius 3 is 2.15 bits per heavy atom. The van der Waals surface area contributed by atoms with Crippen LogP contribution in [0.4, 0.5) is 0 Å². The first-order chi connectivity index (χ1) is 9.43. The molecule has 0 aliphatic carbocycles. The lowest BCUT2D eigenvalue weighted by Crippen LogP contribution is -2.36. The number of aliphatic hydroxyl groups excluding tert-OH is 1. The highest BCUT2D eigenvalue weighted by Gasteiger charge is 2.19. The van der Waals surface area contributed by atoms with Crippen molar-refractivity contribution in [3.05, 3.63) is 29.8 Å². The molecular formula is C17H29NO2. The Hall–Kier alpha value is -1.06. The fourth-order valence-electron chi connectivity index (χ4n) is 2.11. The number of benzene rings is 1. The normalized spacial score (nSPS) is 14.6. The molecule has 0 fully saturated rings. The fourth-order valence-corrected chi connectivity index (χ4v) is 2.11. The first kappa shape index (κ1) is 17.0. The van der Waals surface area contributed by atoms with Crippen LogP contribution >= 0.6 is 0 Å². The van der Waals surface area contributed by atoms with E-state index in [9.17, 15) is 5.11 Å². The Morgan fingerprint density at radius 2 is 1.70 bits per heavy atom. The zero-order chi connectivity index (χ0) is 15.1. The molecule has 0 saturated carbocycles. The van der Waals surface area contributed by atoms with Crippen LogP contribution in [0.3, 0.4) is 0 Å². The molecule has 1 rings (SSSR count). The average molecular weight is 279 g/mol. The highest BCUT2D eigenvalue weighted by Crippen LogP contribution is 2.22. The van der Waals surface area contributed by atoms with Gasteiger partial charge in [-0.3, -0.25) is 0 Å². The van der Waals surface area contributed by atoms with Gasteiger partial charge in [0.2, 0.25) is 0 Å². The highest BCUT2D eigenvalue weighted by molar-refractivity contribution is 5.29. The first-order valence-electron chi connectivity index (χ1n) is 7.62. The van der Waals surface area contributed by atoms with Crippen LogP contribution < -0.4 is 10.1 Å². The van der Waals surface area contributed by atoms with Crippen LogP contribution in [0.1, 0.15) is 52.7 Å². The lowest BCUT2D eigenvalue weighted by molar-refractivity contribution is 0.124. The largest absolute Gasteiger partial charge is 0.491 e. The van der Waals surface area contributed by atoms with Gasteiger partial charge in [-0.15, -0.1) is 0 Å². The number of hydrogen-bond acceptors (Lipinski definition) is 3. The van der Waals surface area contributed by atoms with E-state index < -0.39 is 6.10 Å². The molecule has 2 N–H and O–H groups in total. The second kappa shape index (κ2) is 8.28. The molecule has 0 spiro atoms. The molecule has 0 amide bonds. The van der Waals surface area contributed by atoms with E-state index >= 15 is 0 Å². The summed E-state index contributed by atoms with van der Waals surface area (Å²) in [6.45, 7) is 11.4. The maximum absolute atomic E-state index is 10.5. The van der Waals surface area contributed by atoms with Crippen molar-refractivity contribution in [2.24, 2.45) is 5.92 Å². The van der Waals surface area contributed by atoms with Gasteiger partial charge in [0.15, 0.2) is 0 Å². The van der Waals surface area contributed by atoms with Crippen molar-refractivity contribution in [3.63, 3.8) is 0 Å². The summed E-state index contributed by atoms with van der Waals surface area (Å²) < 4.78 is 5.62. The molecule has 0 saturated heterocycles. The summed E-state index contributed by atoms with van der Waals surface area (Å²) in [5, 5.41) is 13.9. The summed E-state index contributed by atoms with van der Waals surface area (Å²) in [4.78, 5) is 0. The Labute approximate surface area is 123 Å². The van der Waals surface area contributed by atoms with Gasteiger partial charge in [0, 0.05) is 6.04 Å². The lowest BCUT2D eigenvalue weighted by atomic mass is 9.99. The van der Waals surface area contributed by atoms with E-state index in [4.69, 9.17) is 4.74 Å². The minimum absolute atomic E-state index is 0.0919. The summed E-state index contributed by atoms with van der Waals surface area (Å²) in [6.07, 6.45) is 0.590. The van der Waals surface area contributed by atoms with Gasteiger partial charge in [-0.2, -0.15) is 0 Å². The van der Waals surface area contributed by atoms with Gasteiger partial charge in [-0.25, -0.2) is 0 Å². The second-order valence-electron chi connectivity index (χ2n) is 6.00. The van der Waals surface area contributed by atoms with Crippen molar-refractivity contribution in [3.8, 4) is 5.75 Å². The smallest absolute Gasteiger partial charge is 0.119 e. The molecule has 0 bridgehead atoms. The third-order valence-corrected chi connectivity index (χ3v) is 3.20. The third-order valence-electron chi connectivity index (χ3n) is 3.20. The molecular weight excluding hydrogens is 250 g/mol. The second-order valence-corrected chi connectivity index (χ2v) is 6.00. The molecule has 2 atom stereocenters. The molecule has 3 nitrogen and oxygen atoms in total. The molecule has 1 aromatic carbocycles. The molecule has 114 valence electrons. The Kier molecular flexibility index (Phi) is 7.03. The molecule has 2 unspecified atom stereocenters. The zero-order valence-electron chi connectivity index (χ0n) is 13.4. The minimum atomic E-state index is -0.480. The van der Waals surface area contributed by atoms with Crippen molar-refractivity contribution in [2.75, 3.05) is 6.54 Å². The number of aliphatic hydroxyl groups is 1. The van der Waals surface area contributed by atoms with Gasteiger partial charge in [-0.05, 0) is 50.4 Å². The number of hydrogen-bond donors (Lipinski definition) is 2. The van der Waals surface area contributed by atoms with Crippen molar-refractivity contribution in [2.45, 2.75) is 59.3 Å². The molecule has 20 heavy (non-hydrogen) atoms. The maximum Gasteiger partial charge on any atom is 0.119 e. The lowest BCUT2D eigenvalue weighted by Gasteiger charge is -2.24. The molecule has 0 aromatic heterocycles. The third kappa shape index (κ3) is 5.51. The van der Waals surface area contributed by atoms with Gasteiger partial charge in [0.1, 0.15) is 5.75 Å². The maximum atomic E-state index is 10.5. The fraction of sp³-hybridized carbons (Fsp3) is 0.647. The van der Waals surface area contributed by atoms with Crippen LogP contribution in [-0.4, -0.2) is 23.8 Å². The van der Waals surface area contributed by atoms with E-state index in [1.54, 1.807) is 0 Å². The van der Waals surface area contributed by atoms with E-state index in [0.29, 0.717) is 5.92 Å². The standard InChI is InChI=1S/C17H29NO2/c1-6-16(18-11-12(2)3)17(19)14-7-9-15(10-8-14)20-13(4)5/h7-10,12-13,16-19H,6,11H2,1-5H3. The SMILES string of the molecule is CCC(NCC(C)C)C(O)c1ccc(OC(C)C)cc1. The van der Waals surface area contributed by atoms with Crippen molar-refractivity contribution < 1.29 is 9.84 Å². The molecule has 3 heteroatoms. The Morgan fingerprint density at radius 1 is 1.10 bits per heavy atom. The van der Waals surface area contributed by atoms with Gasteiger partial charge >= 0.3 is 0 Å². The predicted octanol–water partition coefficient (Wildman–Crippen LogP) is 3.53. The topological polar surface area (TPSA) is 41.5 Å². The minimum Gasteiger partial charge on any atom is -0.491 e. The van der Waals surface area contributed by atoms with Crippen LogP contribution in [0.25, 0.3) is 0 Å². The van der Waals surface area contributed by atoms with Crippen molar-refractivity contribution >= 4 is 0 Å².